The predicted molar refractivity (Wildman–Crippen MR) is 124 cm³/mol. The molecular weight excluding hydrogens is 390 g/mol. The number of hydrogen-bond donors (Lipinski definition) is 1. The molecule has 2 aliphatic rings. The van der Waals surface area contributed by atoms with Gasteiger partial charge in [0.25, 0.3) is 5.91 Å². The van der Waals surface area contributed by atoms with Crippen LogP contribution in [0, 0.1) is 31.1 Å². The van der Waals surface area contributed by atoms with E-state index >= 15 is 0 Å². The van der Waals surface area contributed by atoms with Gasteiger partial charge in [-0.25, -0.2) is 4.99 Å². The lowest BCUT2D eigenvalue weighted by Crippen LogP contribution is -2.12. The fourth-order valence-electron chi connectivity index (χ4n) is 3.76. The number of hydrogen-bond acceptors (Lipinski definition) is 4. The molecule has 154 valence electrons. The Labute approximate surface area is 182 Å². The molecule has 0 spiro atoms. The molecule has 0 saturated heterocycles. The first-order chi connectivity index (χ1) is 14.5. The van der Waals surface area contributed by atoms with E-state index in [-0.39, 0.29) is 5.91 Å². The number of rotatable bonds is 5. The summed E-state index contributed by atoms with van der Waals surface area (Å²) in [6.45, 7) is 8.02. The number of benzene rings is 1. The normalized spacial score (nSPS) is 16.6. The van der Waals surface area contributed by atoms with E-state index in [0.29, 0.717) is 17.2 Å². The van der Waals surface area contributed by atoms with E-state index in [1.54, 1.807) is 0 Å². The molecule has 0 radical (unpaired) electrons. The number of thiophene rings is 1. The number of fused-ring (bicyclic) bond motifs is 1. The molecule has 1 amide bonds. The molecule has 4 nitrogen and oxygen atoms in total. The van der Waals surface area contributed by atoms with Crippen LogP contribution < -0.4 is 5.73 Å². The van der Waals surface area contributed by atoms with Crippen molar-refractivity contribution in [2.45, 2.75) is 47.0 Å². The molecule has 1 unspecified atom stereocenters. The van der Waals surface area contributed by atoms with Gasteiger partial charge < -0.3 is 5.73 Å². The summed E-state index contributed by atoms with van der Waals surface area (Å²) in [7, 11) is 0. The summed E-state index contributed by atoms with van der Waals surface area (Å²) in [6, 6.07) is 10.5. The lowest BCUT2D eigenvalue weighted by Gasteiger charge is -2.10. The summed E-state index contributed by atoms with van der Waals surface area (Å²) >= 11 is 1.47. The Morgan fingerprint density at radius 3 is 2.77 bits per heavy atom. The van der Waals surface area contributed by atoms with Crippen molar-refractivity contribution >= 4 is 23.0 Å². The largest absolute Gasteiger partial charge is 0.365 e. The summed E-state index contributed by atoms with van der Waals surface area (Å²) in [4.78, 5) is 18.7. The van der Waals surface area contributed by atoms with Gasteiger partial charge in [-0.3, -0.25) is 4.79 Å². The maximum atomic E-state index is 11.9. The van der Waals surface area contributed by atoms with Gasteiger partial charge in [0.05, 0.1) is 22.4 Å². The van der Waals surface area contributed by atoms with Gasteiger partial charge in [-0.15, -0.1) is 11.3 Å². The van der Waals surface area contributed by atoms with Crippen molar-refractivity contribution < 1.29 is 4.79 Å². The second-order valence-electron chi connectivity index (χ2n) is 7.27. The second-order valence-corrected chi connectivity index (χ2v) is 8.37. The minimum atomic E-state index is -0.384. The number of nitrogens with two attached hydrogens (primary N) is 1. The number of nitriles is 1. The first kappa shape index (κ1) is 21.7. The van der Waals surface area contributed by atoms with Gasteiger partial charge in [-0.05, 0) is 37.5 Å². The highest BCUT2D eigenvalue weighted by molar-refractivity contribution is 7.14. The first-order valence-electron chi connectivity index (χ1n) is 10.4. The molecule has 2 aromatic rings. The lowest BCUT2D eigenvalue weighted by atomic mass is 9.97. The van der Waals surface area contributed by atoms with Crippen LogP contribution in [0.1, 0.15) is 63.5 Å². The Hall–Kier alpha value is -2.97. The molecule has 2 N–H and O–H groups in total. The Morgan fingerprint density at radius 2 is 2.10 bits per heavy atom. The van der Waals surface area contributed by atoms with Gasteiger partial charge in [0, 0.05) is 34.8 Å². The summed E-state index contributed by atoms with van der Waals surface area (Å²) in [6.07, 6.45) is 6.47. The molecule has 5 heteroatoms. The molecule has 30 heavy (non-hydrogen) atoms. The van der Waals surface area contributed by atoms with Crippen molar-refractivity contribution in [3.63, 3.8) is 0 Å². The number of nitrogens with zero attached hydrogens (tertiary/aromatic N) is 2. The van der Waals surface area contributed by atoms with Crippen LogP contribution in [0.3, 0.4) is 0 Å². The van der Waals surface area contributed by atoms with Crippen molar-refractivity contribution in [2.75, 3.05) is 0 Å². The summed E-state index contributed by atoms with van der Waals surface area (Å²) in [5, 5.41) is 8.84. The van der Waals surface area contributed by atoms with Crippen molar-refractivity contribution in [3.05, 3.63) is 79.7 Å². The van der Waals surface area contributed by atoms with Crippen LogP contribution in [0.15, 0.2) is 52.7 Å². The van der Waals surface area contributed by atoms with Crippen LogP contribution in [0.2, 0.25) is 0 Å². The zero-order chi connectivity index (χ0) is 21.8. The summed E-state index contributed by atoms with van der Waals surface area (Å²) < 4.78 is 0. The molecule has 1 aromatic heterocycles. The van der Waals surface area contributed by atoms with E-state index in [1.807, 2.05) is 26.8 Å². The molecule has 1 aromatic carbocycles. The highest BCUT2D eigenvalue weighted by atomic mass is 32.1. The highest BCUT2D eigenvalue weighted by Crippen LogP contribution is 2.42. The number of allylic oxidation sites excluding steroid dienone is 3. The highest BCUT2D eigenvalue weighted by Gasteiger charge is 2.30. The molecule has 0 bridgehead atoms. The van der Waals surface area contributed by atoms with E-state index in [0.717, 1.165) is 51.4 Å². The van der Waals surface area contributed by atoms with E-state index in [2.05, 4.69) is 43.3 Å². The average Bonchev–Trinajstić information content (AvgIpc) is 3.47. The molecule has 0 saturated carbocycles. The minimum Gasteiger partial charge on any atom is -0.365 e. The lowest BCUT2D eigenvalue weighted by molar-refractivity contribution is 0.100. The van der Waals surface area contributed by atoms with Crippen LogP contribution in [0.4, 0.5) is 0 Å². The molecule has 2 heterocycles. The van der Waals surface area contributed by atoms with E-state index in [4.69, 9.17) is 16.0 Å². The number of carbonyl (C=O) groups is 1. The van der Waals surface area contributed by atoms with Crippen LogP contribution in [0.5, 0.6) is 0 Å². The van der Waals surface area contributed by atoms with Crippen molar-refractivity contribution in [1.82, 2.24) is 0 Å². The Balaban J connectivity index is 0.00000124. The third-order valence-corrected chi connectivity index (χ3v) is 6.55. The third kappa shape index (κ3) is 4.29. The number of aryl methyl sites for hydroxylation is 1. The Bertz CT molecular complexity index is 1110. The summed E-state index contributed by atoms with van der Waals surface area (Å²) in [5.74, 6) is -0.0309. The predicted octanol–water partition coefficient (Wildman–Crippen LogP) is 5.63. The van der Waals surface area contributed by atoms with Crippen LogP contribution >= 0.6 is 11.3 Å². The maximum absolute atomic E-state index is 11.9. The van der Waals surface area contributed by atoms with E-state index in [9.17, 15) is 4.79 Å². The van der Waals surface area contributed by atoms with Gasteiger partial charge in [-0.2, -0.15) is 5.26 Å². The zero-order valence-corrected chi connectivity index (χ0v) is 18.8. The van der Waals surface area contributed by atoms with Gasteiger partial charge >= 0.3 is 0 Å². The molecule has 1 atom stereocenters. The Kier molecular flexibility index (Phi) is 6.69. The number of aliphatic imine (C=N–C) groups is 1. The topological polar surface area (TPSA) is 79.2 Å². The zero-order valence-electron chi connectivity index (χ0n) is 18.0. The van der Waals surface area contributed by atoms with E-state index in [1.165, 1.54) is 16.9 Å². The molecule has 4 rings (SSSR count). The van der Waals surface area contributed by atoms with Gasteiger partial charge in [0.15, 0.2) is 0 Å². The van der Waals surface area contributed by atoms with E-state index < -0.39 is 0 Å². The molecule has 1 aliphatic carbocycles. The van der Waals surface area contributed by atoms with Crippen LogP contribution in [-0.4, -0.2) is 11.6 Å². The quantitative estimate of drug-likeness (QED) is 0.684. The SMILES string of the molecule is CC.Cc1cccc(C2=NC(C3=CC3CCC#N)=CCc3sc(C(N)=O)c(C)c32)c1. The summed E-state index contributed by atoms with van der Waals surface area (Å²) in [5.41, 5.74) is 12.9. The molecule has 1 aliphatic heterocycles. The van der Waals surface area contributed by atoms with Crippen molar-refractivity contribution in [3.8, 4) is 6.07 Å². The fourth-order valence-corrected chi connectivity index (χ4v) is 4.88. The number of primary amides is 1. The minimum absolute atomic E-state index is 0.354. The average molecular weight is 418 g/mol. The number of carbonyl (C=O) groups excluding carboxylic acids is 1. The fraction of sp³-hybridized carbons (Fsp3) is 0.320. The maximum Gasteiger partial charge on any atom is 0.259 e. The first-order valence-corrected chi connectivity index (χ1v) is 11.2. The standard InChI is InChI=1S/C23H21N3OS.C2H6/c1-13-5-3-6-16(11-13)21-20-14(2)22(23(25)27)28-19(20)9-8-18(26-21)17-12-15(17)7-4-10-24;1-2/h3,5-6,8,11-12,15H,4,7,9H2,1-2H3,(H2,25,27);1-2H3. The van der Waals surface area contributed by atoms with Crippen LogP contribution in [0.25, 0.3) is 0 Å². The monoisotopic (exact) mass is 417 g/mol. The third-order valence-electron chi connectivity index (χ3n) is 5.22. The van der Waals surface area contributed by atoms with Gasteiger partial charge in [0.2, 0.25) is 0 Å². The number of amides is 1. The van der Waals surface area contributed by atoms with Crippen molar-refractivity contribution in [2.24, 2.45) is 16.6 Å². The Morgan fingerprint density at radius 1 is 1.33 bits per heavy atom. The van der Waals surface area contributed by atoms with Crippen LogP contribution in [-0.2, 0) is 6.42 Å². The van der Waals surface area contributed by atoms with Gasteiger partial charge in [0.1, 0.15) is 0 Å². The van der Waals surface area contributed by atoms with Crippen molar-refractivity contribution in [1.29, 1.82) is 5.26 Å². The smallest absolute Gasteiger partial charge is 0.259 e. The van der Waals surface area contributed by atoms with Gasteiger partial charge in [-0.1, -0.05) is 49.8 Å². The molecule has 0 fully saturated rings. The molecular formula is C25H27N3OS. The second kappa shape index (κ2) is 9.23.